The average molecular weight is 552 g/mol. The van der Waals surface area contributed by atoms with Crippen LogP contribution >= 0.6 is 15.6 Å². The Morgan fingerprint density at radius 2 is 1.86 bits per heavy atom. The van der Waals surface area contributed by atoms with Crippen molar-refractivity contribution in [3.05, 3.63) is 23.0 Å². The lowest BCUT2D eigenvalue weighted by Gasteiger charge is -2.36. The summed E-state index contributed by atoms with van der Waals surface area (Å²) in [6.45, 7) is 1.62. The SMILES string of the molecule is CCCCC[C@@H](CC[C@@H]1[C@H]2CC3=CCCC(OCC(=O)O)=C3C[C@H]2C[C@H]1OP(=O)(O)O)OP(=O)(O)O. The van der Waals surface area contributed by atoms with Crippen LogP contribution in [0.3, 0.4) is 0 Å². The van der Waals surface area contributed by atoms with Crippen molar-refractivity contribution < 1.29 is 52.4 Å². The Kier molecular flexibility index (Phi) is 10.4. The number of rotatable bonds is 14. The van der Waals surface area contributed by atoms with Crippen LogP contribution in [0.15, 0.2) is 23.0 Å². The highest BCUT2D eigenvalue weighted by Gasteiger charge is 2.49. The monoisotopic (exact) mass is 552 g/mol. The molecule has 3 aliphatic carbocycles. The fraction of sp³-hybridized carbons (Fsp3) is 0.783. The number of fused-ring (bicyclic) bond motifs is 2. The first-order valence-corrected chi connectivity index (χ1v) is 15.7. The standard InChI is InChI=1S/C23H38O11P2/c1-2-3-4-7-17(33-35(26,27)28)9-10-18-19-11-15-6-5-8-21(32-14-23(24)25)20(15)12-16(19)13-22(18)34-36(29,30)31/h6,16-19,22H,2-5,7-14H2,1H3,(H,24,25)(H2,26,27,28)(H2,29,30,31)/t16-,17-,18+,19-,22+/m0/s1. The Bertz CT molecular complexity index is 934. The number of carbonyl (C=O) groups is 1. The van der Waals surface area contributed by atoms with Gasteiger partial charge in [0.05, 0.1) is 12.2 Å². The van der Waals surface area contributed by atoms with Gasteiger partial charge in [-0.15, -0.1) is 0 Å². The minimum absolute atomic E-state index is 0.0708. The summed E-state index contributed by atoms with van der Waals surface area (Å²) in [4.78, 5) is 48.8. The third-order valence-electron chi connectivity index (χ3n) is 7.46. The topological polar surface area (TPSA) is 180 Å². The van der Waals surface area contributed by atoms with E-state index in [0.29, 0.717) is 50.7 Å². The molecule has 0 aromatic heterocycles. The number of phosphoric ester groups is 2. The van der Waals surface area contributed by atoms with Crippen LogP contribution in [0.4, 0.5) is 0 Å². The van der Waals surface area contributed by atoms with Crippen molar-refractivity contribution in [2.45, 2.75) is 89.8 Å². The average Bonchev–Trinajstić information content (AvgIpc) is 3.07. The first kappa shape index (κ1) is 29.5. The Hall–Kier alpha value is -1.03. The van der Waals surface area contributed by atoms with Crippen molar-refractivity contribution in [3.8, 4) is 0 Å². The fourth-order valence-corrected chi connectivity index (χ4v) is 7.27. The molecule has 0 aliphatic heterocycles. The second-order valence-corrected chi connectivity index (χ2v) is 12.4. The van der Waals surface area contributed by atoms with E-state index in [9.17, 15) is 33.5 Å². The quantitative estimate of drug-likeness (QED) is 0.152. The van der Waals surface area contributed by atoms with Crippen LogP contribution in [0, 0.1) is 17.8 Å². The van der Waals surface area contributed by atoms with Gasteiger partial charge in [-0.1, -0.05) is 32.3 Å². The summed E-state index contributed by atoms with van der Waals surface area (Å²) < 4.78 is 39.1. The van der Waals surface area contributed by atoms with E-state index in [2.05, 4.69) is 6.08 Å². The zero-order chi connectivity index (χ0) is 26.5. The van der Waals surface area contributed by atoms with Gasteiger partial charge in [-0.05, 0) is 73.8 Å². The minimum atomic E-state index is -4.75. The summed E-state index contributed by atoms with van der Waals surface area (Å²) in [6, 6.07) is 0. The van der Waals surface area contributed by atoms with E-state index in [4.69, 9.17) is 18.9 Å². The first-order chi connectivity index (χ1) is 16.9. The number of hydrogen-bond acceptors (Lipinski definition) is 6. The number of carboxylic acid groups (broad SMARTS) is 1. The van der Waals surface area contributed by atoms with Crippen LogP contribution in [0.5, 0.6) is 0 Å². The molecule has 0 radical (unpaired) electrons. The molecule has 2 saturated carbocycles. The molecule has 0 aromatic carbocycles. The highest BCUT2D eigenvalue weighted by molar-refractivity contribution is 7.46. The molecule has 3 aliphatic rings. The van der Waals surface area contributed by atoms with Crippen molar-refractivity contribution in [2.24, 2.45) is 17.8 Å². The summed E-state index contributed by atoms with van der Waals surface area (Å²) in [5, 5.41) is 9.00. The van der Waals surface area contributed by atoms with Gasteiger partial charge in [-0.2, -0.15) is 0 Å². The fourth-order valence-electron chi connectivity index (χ4n) is 6.07. The third kappa shape index (κ3) is 8.77. The van der Waals surface area contributed by atoms with E-state index in [1.54, 1.807) is 0 Å². The molecule has 0 amide bonds. The van der Waals surface area contributed by atoms with E-state index >= 15 is 0 Å². The van der Waals surface area contributed by atoms with Gasteiger partial charge in [0.25, 0.3) is 0 Å². The molecular weight excluding hydrogens is 514 g/mol. The normalized spacial score (nSPS) is 27.3. The number of allylic oxidation sites excluding steroid dienone is 4. The molecule has 0 saturated heterocycles. The second kappa shape index (κ2) is 12.7. The Morgan fingerprint density at radius 1 is 1.11 bits per heavy atom. The van der Waals surface area contributed by atoms with Gasteiger partial charge >= 0.3 is 21.6 Å². The van der Waals surface area contributed by atoms with Crippen LogP contribution in [-0.4, -0.2) is 49.5 Å². The van der Waals surface area contributed by atoms with Gasteiger partial charge in [0.1, 0.15) is 5.76 Å². The predicted molar refractivity (Wildman–Crippen MR) is 129 cm³/mol. The highest BCUT2D eigenvalue weighted by Crippen LogP contribution is 2.56. The number of unbranched alkanes of at least 4 members (excludes halogenated alkanes) is 2. The summed E-state index contributed by atoms with van der Waals surface area (Å²) in [7, 11) is -9.42. The zero-order valence-electron chi connectivity index (χ0n) is 20.5. The molecular formula is C23H38O11P2. The Labute approximate surface area is 211 Å². The van der Waals surface area contributed by atoms with Gasteiger partial charge in [0.15, 0.2) is 6.61 Å². The summed E-state index contributed by atoms with van der Waals surface area (Å²) in [5.41, 5.74) is 2.07. The maximum absolute atomic E-state index is 11.7. The lowest BCUT2D eigenvalue weighted by molar-refractivity contribution is -0.140. The van der Waals surface area contributed by atoms with Crippen LogP contribution in [0.1, 0.15) is 77.6 Å². The highest BCUT2D eigenvalue weighted by atomic mass is 31.2. The summed E-state index contributed by atoms with van der Waals surface area (Å²) >= 11 is 0. The van der Waals surface area contributed by atoms with Crippen LogP contribution in [-0.2, 0) is 27.7 Å². The van der Waals surface area contributed by atoms with E-state index in [-0.39, 0.29) is 17.8 Å². The largest absolute Gasteiger partial charge is 0.486 e. The Morgan fingerprint density at radius 3 is 2.50 bits per heavy atom. The van der Waals surface area contributed by atoms with Crippen molar-refractivity contribution in [1.82, 2.24) is 0 Å². The maximum Gasteiger partial charge on any atom is 0.469 e. The molecule has 36 heavy (non-hydrogen) atoms. The number of aliphatic carboxylic acids is 1. The van der Waals surface area contributed by atoms with Crippen molar-refractivity contribution in [2.75, 3.05) is 6.61 Å². The molecule has 5 atom stereocenters. The number of hydrogen-bond donors (Lipinski definition) is 5. The smallest absolute Gasteiger partial charge is 0.469 e. The molecule has 0 heterocycles. The van der Waals surface area contributed by atoms with Gasteiger partial charge < -0.3 is 29.4 Å². The summed E-state index contributed by atoms with van der Waals surface area (Å²) in [6.07, 6.45) is 7.75. The molecule has 0 spiro atoms. The number of carboxylic acids is 1. The van der Waals surface area contributed by atoms with Crippen LogP contribution in [0.2, 0.25) is 0 Å². The molecule has 13 heteroatoms. The molecule has 11 nitrogen and oxygen atoms in total. The molecule has 0 aromatic rings. The van der Waals surface area contributed by atoms with Crippen molar-refractivity contribution in [1.29, 1.82) is 0 Å². The molecule has 5 N–H and O–H groups in total. The lowest BCUT2D eigenvalue weighted by atomic mass is 9.70. The third-order valence-corrected chi connectivity index (χ3v) is 8.58. The van der Waals surface area contributed by atoms with E-state index in [1.807, 2.05) is 6.92 Å². The van der Waals surface area contributed by atoms with Crippen molar-refractivity contribution in [3.63, 3.8) is 0 Å². The van der Waals surface area contributed by atoms with Crippen LogP contribution < -0.4 is 0 Å². The molecule has 2 fully saturated rings. The first-order valence-electron chi connectivity index (χ1n) is 12.6. The van der Waals surface area contributed by atoms with Gasteiger partial charge in [-0.25, -0.2) is 13.9 Å². The molecule has 0 unspecified atom stereocenters. The lowest BCUT2D eigenvalue weighted by Crippen LogP contribution is -2.28. The summed E-state index contributed by atoms with van der Waals surface area (Å²) in [5.74, 6) is -0.446. The van der Waals surface area contributed by atoms with E-state index in [1.165, 1.54) is 0 Å². The zero-order valence-corrected chi connectivity index (χ0v) is 22.3. The Balaban J connectivity index is 1.77. The molecule has 206 valence electrons. The number of ether oxygens (including phenoxy) is 1. The predicted octanol–water partition coefficient (Wildman–Crippen LogP) is 4.42. The second-order valence-electron chi connectivity index (χ2n) is 10.0. The number of phosphoric acid groups is 2. The molecule has 0 bridgehead atoms. The molecule has 3 rings (SSSR count). The van der Waals surface area contributed by atoms with E-state index < -0.39 is 40.4 Å². The van der Waals surface area contributed by atoms with Crippen molar-refractivity contribution >= 4 is 21.6 Å². The van der Waals surface area contributed by atoms with Gasteiger partial charge in [0, 0.05) is 6.42 Å². The van der Waals surface area contributed by atoms with E-state index in [0.717, 1.165) is 36.8 Å². The van der Waals surface area contributed by atoms with Gasteiger partial charge in [0.2, 0.25) is 0 Å². The van der Waals surface area contributed by atoms with Gasteiger partial charge in [-0.3, -0.25) is 9.05 Å². The maximum atomic E-state index is 11.7. The van der Waals surface area contributed by atoms with Crippen LogP contribution in [0.25, 0.3) is 0 Å². The minimum Gasteiger partial charge on any atom is -0.486 e.